The number of rotatable bonds is 3. The molecular formula is C15H24O10. The fourth-order valence-corrected chi connectivity index (χ4v) is 3.84. The minimum Gasteiger partial charge on any atom is -0.472 e. The highest BCUT2D eigenvalue weighted by Crippen LogP contribution is 2.49. The molecule has 0 aromatic heterocycles. The third-order valence-corrected chi connectivity index (χ3v) is 5.25. The molecule has 10 heteroatoms. The van der Waals surface area contributed by atoms with E-state index in [0.29, 0.717) is 0 Å². The van der Waals surface area contributed by atoms with Crippen LogP contribution in [0.25, 0.3) is 0 Å². The van der Waals surface area contributed by atoms with Crippen molar-refractivity contribution >= 4 is 0 Å². The Hall–Kier alpha value is -0.820. The van der Waals surface area contributed by atoms with E-state index >= 15 is 0 Å². The first-order chi connectivity index (χ1) is 11.6. The van der Waals surface area contributed by atoms with Gasteiger partial charge in [0.05, 0.1) is 30.5 Å². The first kappa shape index (κ1) is 19.0. The fourth-order valence-electron chi connectivity index (χ4n) is 3.84. The van der Waals surface area contributed by atoms with Gasteiger partial charge >= 0.3 is 0 Å². The van der Waals surface area contributed by atoms with E-state index in [0.717, 1.165) is 6.26 Å². The lowest BCUT2D eigenvalue weighted by Gasteiger charge is -2.45. The van der Waals surface area contributed by atoms with Gasteiger partial charge in [-0.15, -0.1) is 0 Å². The number of hydrogen-bond acceptors (Lipinski definition) is 10. The molecule has 0 spiro atoms. The standard InChI is InChI=1S/C15H24O10/c1-14(21)4-7(17)15(22)2-3-23-13(11(14)15)25-12-10(20)9(19)8(18)6(5-16)24-12/h2-3,6-13,16-22H,4-5H2,1H3/t6-,7-,8-,9+,10-,11?,12+,13?,14+,15-/m1/s1. The van der Waals surface area contributed by atoms with Crippen LogP contribution in [-0.2, 0) is 14.2 Å². The quantitative estimate of drug-likeness (QED) is 0.267. The summed E-state index contributed by atoms with van der Waals surface area (Å²) in [6, 6.07) is 0. The molecule has 2 aliphatic heterocycles. The zero-order valence-corrected chi connectivity index (χ0v) is 13.5. The average Bonchev–Trinajstić information content (AvgIpc) is 2.73. The van der Waals surface area contributed by atoms with Gasteiger partial charge in [-0.25, -0.2) is 0 Å². The Kier molecular flexibility index (Phi) is 4.86. The number of fused-ring (bicyclic) bond motifs is 1. The van der Waals surface area contributed by atoms with Crippen LogP contribution in [0.2, 0.25) is 0 Å². The van der Waals surface area contributed by atoms with Crippen LogP contribution in [-0.4, -0.2) is 96.7 Å². The van der Waals surface area contributed by atoms with Crippen LogP contribution in [0, 0.1) is 5.92 Å². The summed E-state index contributed by atoms with van der Waals surface area (Å²) in [7, 11) is 0. The lowest BCUT2D eigenvalue weighted by Crippen LogP contribution is -2.61. The molecule has 0 bridgehead atoms. The molecule has 3 aliphatic rings. The van der Waals surface area contributed by atoms with Crippen molar-refractivity contribution in [3.63, 3.8) is 0 Å². The Morgan fingerprint density at radius 1 is 1.08 bits per heavy atom. The molecule has 0 amide bonds. The van der Waals surface area contributed by atoms with Crippen molar-refractivity contribution in [3.05, 3.63) is 12.3 Å². The molecule has 1 aliphatic carbocycles. The highest BCUT2D eigenvalue weighted by Gasteiger charge is 2.64. The minimum atomic E-state index is -1.81. The Balaban J connectivity index is 1.81. The van der Waals surface area contributed by atoms with Crippen LogP contribution >= 0.6 is 0 Å². The number of ether oxygens (including phenoxy) is 3. The molecule has 0 aromatic rings. The summed E-state index contributed by atoms with van der Waals surface area (Å²) in [5.41, 5.74) is -3.35. The Bertz CT molecular complexity index is 522. The normalized spacial score (nSPS) is 55.7. The van der Waals surface area contributed by atoms with Crippen molar-refractivity contribution < 1.29 is 50.0 Å². The second-order valence-corrected chi connectivity index (χ2v) is 7.08. The van der Waals surface area contributed by atoms with Crippen molar-refractivity contribution in [2.45, 2.75) is 67.6 Å². The van der Waals surface area contributed by atoms with E-state index in [1.165, 1.54) is 13.0 Å². The van der Waals surface area contributed by atoms with Gasteiger partial charge in [0.25, 0.3) is 0 Å². The Morgan fingerprint density at radius 2 is 1.76 bits per heavy atom. The number of hydrogen-bond donors (Lipinski definition) is 7. The van der Waals surface area contributed by atoms with Crippen LogP contribution in [0.5, 0.6) is 0 Å². The maximum atomic E-state index is 10.7. The van der Waals surface area contributed by atoms with E-state index in [9.17, 15) is 35.7 Å². The summed E-state index contributed by atoms with van der Waals surface area (Å²) in [5.74, 6) is -1.10. The largest absolute Gasteiger partial charge is 0.472 e. The second-order valence-electron chi connectivity index (χ2n) is 7.08. The topological polar surface area (TPSA) is 169 Å². The van der Waals surface area contributed by atoms with Gasteiger partial charge in [-0.2, -0.15) is 0 Å². The number of aliphatic hydroxyl groups is 7. The molecule has 2 unspecified atom stereocenters. The first-order valence-corrected chi connectivity index (χ1v) is 8.04. The lowest BCUT2D eigenvalue weighted by atomic mass is 9.81. The summed E-state index contributed by atoms with van der Waals surface area (Å²) in [4.78, 5) is 0. The van der Waals surface area contributed by atoms with E-state index in [-0.39, 0.29) is 6.42 Å². The molecule has 1 saturated heterocycles. The maximum absolute atomic E-state index is 10.7. The summed E-state index contributed by atoms with van der Waals surface area (Å²) in [5, 5.41) is 70.2. The van der Waals surface area contributed by atoms with Crippen molar-refractivity contribution in [2.24, 2.45) is 5.92 Å². The highest BCUT2D eigenvalue weighted by atomic mass is 16.8. The third kappa shape index (κ3) is 2.97. The van der Waals surface area contributed by atoms with E-state index < -0.39 is 66.8 Å². The van der Waals surface area contributed by atoms with Gasteiger partial charge in [0.1, 0.15) is 30.0 Å². The monoisotopic (exact) mass is 364 g/mol. The first-order valence-electron chi connectivity index (χ1n) is 8.04. The smallest absolute Gasteiger partial charge is 0.210 e. The van der Waals surface area contributed by atoms with Gasteiger partial charge in [0.15, 0.2) is 6.29 Å². The predicted octanol–water partition coefficient (Wildman–Crippen LogP) is -3.46. The maximum Gasteiger partial charge on any atom is 0.210 e. The van der Waals surface area contributed by atoms with Crippen LogP contribution < -0.4 is 0 Å². The molecule has 1 saturated carbocycles. The van der Waals surface area contributed by atoms with Crippen LogP contribution in [0.15, 0.2) is 12.3 Å². The molecule has 2 fully saturated rings. The van der Waals surface area contributed by atoms with Gasteiger partial charge < -0.3 is 50.0 Å². The van der Waals surface area contributed by atoms with Crippen molar-refractivity contribution in [1.82, 2.24) is 0 Å². The van der Waals surface area contributed by atoms with E-state index in [1.54, 1.807) is 0 Å². The Labute approximate surface area is 143 Å². The van der Waals surface area contributed by atoms with Gasteiger partial charge in [0.2, 0.25) is 6.29 Å². The van der Waals surface area contributed by atoms with Gasteiger partial charge in [-0.3, -0.25) is 0 Å². The SMILES string of the molecule is C[C@]1(O)C[C@@H](O)[C@]2(O)C=COC(O[C@@H]3O[C@H](CO)[C@@H](O)[C@H](O)[C@H]3O)C12. The molecule has 3 rings (SSSR count). The minimum absolute atomic E-state index is 0.129. The van der Waals surface area contributed by atoms with Crippen molar-refractivity contribution in [2.75, 3.05) is 6.61 Å². The molecule has 144 valence electrons. The third-order valence-electron chi connectivity index (χ3n) is 5.25. The summed E-state index contributed by atoms with van der Waals surface area (Å²) in [6.45, 7) is 0.783. The van der Waals surface area contributed by atoms with Crippen LogP contribution in [0.1, 0.15) is 13.3 Å². The molecular weight excluding hydrogens is 340 g/mol. The zero-order valence-electron chi connectivity index (χ0n) is 13.5. The summed E-state index contributed by atoms with van der Waals surface area (Å²) in [6.07, 6.45) is -7.87. The zero-order chi connectivity index (χ0) is 18.6. The molecule has 7 N–H and O–H groups in total. The predicted molar refractivity (Wildman–Crippen MR) is 78.6 cm³/mol. The number of aliphatic hydroxyl groups excluding tert-OH is 5. The van der Waals surface area contributed by atoms with Crippen molar-refractivity contribution in [1.29, 1.82) is 0 Å². The van der Waals surface area contributed by atoms with Gasteiger partial charge in [0, 0.05) is 6.42 Å². The molecule has 10 atom stereocenters. The molecule has 25 heavy (non-hydrogen) atoms. The van der Waals surface area contributed by atoms with Crippen molar-refractivity contribution in [3.8, 4) is 0 Å². The van der Waals surface area contributed by atoms with E-state index in [1.807, 2.05) is 0 Å². The Morgan fingerprint density at radius 3 is 2.40 bits per heavy atom. The lowest BCUT2D eigenvalue weighted by molar-refractivity contribution is -0.351. The average molecular weight is 364 g/mol. The second kappa shape index (κ2) is 6.41. The van der Waals surface area contributed by atoms with Crippen LogP contribution in [0.4, 0.5) is 0 Å². The molecule has 10 nitrogen and oxygen atoms in total. The summed E-state index contributed by atoms with van der Waals surface area (Å²) < 4.78 is 16.0. The molecule has 0 aromatic carbocycles. The van der Waals surface area contributed by atoms with E-state index in [4.69, 9.17) is 14.2 Å². The molecule has 0 radical (unpaired) electrons. The van der Waals surface area contributed by atoms with Gasteiger partial charge in [-0.05, 0) is 13.0 Å². The van der Waals surface area contributed by atoms with E-state index in [2.05, 4.69) is 0 Å². The highest BCUT2D eigenvalue weighted by molar-refractivity contribution is 5.21. The van der Waals surface area contributed by atoms with Crippen LogP contribution in [0.3, 0.4) is 0 Å². The van der Waals surface area contributed by atoms with Gasteiger partial charge in [-0.1, -0.05) is 0 Å². The fraction of sp³-hybridized carbons (Fsp3) is 0.867. The summed E-state index contributed by atoms with van der Waals surface area (Å²) >= 11 is 0. The molecule has 2 heterocycles.